The topological polar surface area (TPSA) is 136 Å². The van der Waals surface area contributed by atoms with Gasteiger partial charge in [0.05, 0.1) is 16.2 Å². The van der Waals surface area contributed by atoms with E-state index in [0.29, 0.717) is 4.90 Å². The van der Waals surface area contributed by atoms with Crippen LogP contribution in [0.25, 0.3) is 0 Å². The predicted molar refractivity (Wildman–Crippen MR) is 117 cm³/mol. The number of nitro groups is 1. The Kier molecular flexibility index (Phi) is 7.84. The van der Waals surface area contributed by atoms with E-state index in [1.54, 1.807) is 0 Å². The summed E-state index contributed by atoms with van der Waals surface area (Å²) in [4.78, 5) is 60.3. The number of hydrogen-bond acceptors (Lipinski definition) is 9. The number of nitrogens with one attached hydrogen (secondary N) is 1. The number of thioether (sulfide) groups is 1. The molecule has 0 aromatic heterocycles. The molecular weight excluding hydrogens is 458 g/mol. The zero-order valence-corrected chi connectivity index (χ0v) is 18.1. The van der Waals surface area contributed by atoms with E-state index in [0.717, 1.165) is 27.6 Å². The van der Waals surface area contributed by atoms with E-state index < -0.39 is 23.4 Å². The fourth-order valence-corrected chi connectivity index (χ4v) is 4.35. The van der Waals surface area contributed by atoms with Gasteiger partial charge in [0.2, 0.25) is 5.91 Å². The number of benzene rings is 2. The smallest absolute Gasteiger partial charge is 0.340 e. The summed E-state index contributed by atoms with van der Waals surface area (Å²) >= 11 is 2.12. The number of hydrogen-bond donors (Lipinski definition) is 1. The lowest BCUT2D eigenvalue weighted by atomic mass is 10.2. The van der Waals surface area contributed by atoms with Crippen molar-refractivity contribution in [2.45, 2.75) is 9.79 Å². The Hall–Kier alpha value is -3.38. The van der Waals surface area contributed by atoms with Gasteiger partial charge in [-0.15, -0.1) is 0 Å². The molecule has 2 aromatic carbocycles. The van der Waals surface area contributed by atoms with Crippen molar-refractivity contribution in [3.8, 4) is 0 Å². The molecule has 0 atom stereocenters. The van der Waals surface area contributed by atoms with Crippen molar-refractivity contribution in [1.82, 2.24) is 10.2 Å². The van der Waals surface area contributed by atoms with Gasteiger partial charge in [-0.2, -0.15) is 0 Å². The van der Waals surface area contributed by atoms with Gasteiger partial charge in [0.25, 0.3) is 16.8 Å². The highest BCUT2D eigenvalue weighted by Gasteiger charge is 2.29. The van der Waals surface area contributed by atoms with Crippen LogP contribution in [0.3, 0.4) is 0 Å². The lowest BCUT2D eigenvalue weighted by molar-refractivity contribution is -0.384. The highest BCUT2D eigenvalue weighted by molar-refractivity contribution is 8.14. The normalized spacial score (nSPS) is 13.2. The van der Waals surface area contributed by atoms with Gasteiger partial charge < -0.3 is 10.1 Å². The molecule has 10 nitrogen and oxygen atoms in total. The minimum Gasteiger partial charge on any atom is -0.452 e. The molecule has 3 amide bonds. The van der Waals surface area contributed by atoms with Gasteiger partial charge in [0.1, 0.15) is 0 Å². The number of rotatable bonds is 9. The van der Waals surface area contributed by atoms with E-state index in [2.05, 4.69) is 5.32 Å². The number of non-ortho nitro benzene ring substituents is 1. The van der Waals surface area contributed by atoms with Crippen LogP contribution in [0.15, 0.2) is 58.3 Å². The van der Waals surface area contributed by atoms with Gasteiger partial charge in [-0.1, -0.05) is 41.7 Å². The first-order valence-electron chi connectivity index (χ1n) is 9.27. The summed E-state index contributed by atoms with van der Waals surface area (Å²) in [5, 5.41) is 13.2. The Morgan fingerprint density at radius 3 is 2.59 bits per heavy atom. The highest BCUT2D eigenvalue weighted by Crippen LogP contribution is 2.32. The SMILES string of the molecule is O=C(COC(=O)c1cc([N+](=O)[O-])ccc1Sc1ccccc1)NCCN1C(=O)CSC1=O. The van der Waals surface area contributed by atoms with Crippen LogP contribution in [-0.4, -0.2) is 58.3 Å². The lowest BCUT2D eigenvalue weighted by Crippen LogP contribution is -2.38. The van der Waals surface area contributed by atoms with E-state index in [1.807, 2.05) is 30.3 Å². The van der Waals surface area contributed by atoms with Gasteiger partial charge in [0, 0.05) is 35.0 Å². The third-order valence-electron chi connectivity index (χ3n) is 4.20. The number of nitro benzene ring substituents is 1. The number of carbonyl (C=O) groups excluding carboxylic acids is 4. The maximum absolute atomic E-state index is 12.6. The molecule has 1 aliphatic rings. The Labute approximate surface area is 190 Å². The molecule has 1 saturated heterocycles. The monoisotopic (exact) mass is 475 g/mol. The molecule has 12 heteroatoms. The second kappa shape index (κ2) is 10.8. The van der Waals surface area contributed by atoms with Gasteiger partial charge in [-0.3, -0.25) is 29.4 Å². The first-order valence-corrected chi connectivity index (χ1v) is 11.1. The molecule has 3 rings (SSSR count). The summed E-state index contributed by atoms with van der Waals surface area (Å²) in [6.45, 7) is -0.582. The molecule has 0 spiro atoms. The molecule has 0 saturated carbocycles. The van der Waals surface area contributed by atoms with Crippen LogP contribution in [-0.2, 0) is 14.3 Å². The number of carbonyl (C=O) groups is 4. The average Bonchev–Trinajstić information content (AvgIpc) is 3.10. The molecular formula is C20H17N3O7S2. The fraction of sp³-hybridized carbons (Fsp3) is 0.200. The molecule has 0 aliphatic carbocycles. The zero-order chi connectivity index (χ0) is 23.1. The van der Waals surface area contributed by atoms with Crippen molar-refractivity contribution < 1.29 is 28.8 Å². The van der Waals surface area contributed by atoms with Gasteiger partial charge in [-0.05, 0) is 18.2 Å². The zero-order valence-electron chi connectivity index (χ0n) is 16.5. The summed E-state index contributed by atoms with van der Waals surface area (Å²) in [5.74, 6) is -1.76. The van der Waals surface area contributed by atoms with Crippen LogP contribution in [0.2, 0.25) is 0 Å². The van der Waals surface area contributed by atoms with Crippen molar-refractivity contribution in [3.05, 3.63) is 64.2 Å². The van der Waals surface area contributed by atoms with Crippen molar-refractivity contribution in [2.24, 2.45) is 0 Å². The number of imide groups is 1. The first-order chi connectivity index (χ1) is 15.3. The van der Waals surface area contributed by atoms with Crippen molar-refractivity contribution >= 4 is 52.2 Å². The standard InChI is InChI=1S/C20H17N3O7S2/c24-17(21-8-9-22-18(25)12-31-20(22)27)11-30-19(26)15-10-13(23(28)29)6-7-16(15)32-14-4-2-1-3-5-14/h1-7,10H,8-9,11-12H2,(H,21,24). The molecule has 166 valence electrons. The van der Waals surface area contributed by atoms with Crippen molar-refractivity contribution in [2.75, 3.05) is 25.4 Å². The molecule has 0 unspecified atom stereocenters. The predicted octanol–water partition coefficient (Wildman–Crippen LogP) is 2.71. The highest BCUT2D eigenvalue weighted by atomic mass is 32.2. The van der Waals surface area contributed by atoms with E-state index in [1.165, 1.54) is 23.9 Å². The van der Waals surface area contributed by atoms with Crippen LogP contribution in [0.1, 0.15) is 10.4 Å². The van der Waals surface area contributed by atoms with Crippen LogP contribution in [0.5, 0.6) is 0 Å². The minimum absolute atomic E-state index is 0.0142. The second-order valence-corrected chi connectivity index (χ2v) is 8.42. The Balaban J connectivity index is 1.59. The van der Waals surface area contributed by atoms with E-state index in [-0.39, 0.29) is 41.2 Å². The Morgan fingerprint density at radius 1 is 1.19 bits per heavy atom. The number of nitrogens with zero attached hydrogens (tertiary/aromatic N) is 2. The molecule has 32 heavy (non-hydrogen) atoms. The summed E-state index contributed by atoms with van der Waals surface area (Å²) in [5.41, 5.74) is -0.317. The van der Waals surface area contributed by atoms with E-state index in [4.69, 9.17) is 4.74 Å². The fourth-order valence-electron chi connectivity index (χ4n) is 2.66. The summed E-state index contributed by atoms with van der Waals surface area (Å²) in [6.07, 6.45) is 0. The van der Waals surface area contributed by atoms with Gasteiger partial charge >= 0.3 is 5.97 Å². The maximum atomic E-state index is 12.6. The lowest BCUT2D eigenvalue weighted by Gasteiger charge is -2.13. The molecule has 0 radical (unpaired) electrons. The summed E-state index contributed by atoms with van der Waals surface area (Å²) in [6, 6.07) is 13.0. The van der Waals surface area contributed by atoms with Crippen molar-refractivity contribution in [1.29, 1.82) is 0 Å². The van der Waals surface area contributed by atoms with Crippen LogP contribution < -0.4 is 5.32 Å². The number of ether oxygens (including phenoxy) is 1. The minimum atomic E-state index is -0.886. The quantitative estimate of drug-likeness (QED) is 0.330. The van der Waals surface area contributed by atoms with Crippen LogP contribution in [0, 0.1) is 10.1 Å². The van der Waals surface area contributed by atoms with Gasteiger partial charge in [-0.25, -0.2) is 4.79 Å². The van der Waals surface area contributed by atoms with Crippen molar-refractivity contribution in [3.63, 3.8) is 0 Å². The first kappa shape index (κ1) is 23.3. The Morgan fingerprint density at radius 2 is 1.94 bits per heavy atom. The van der Waals surface area contributed by atoms with E-state index in [9.17, 15) is 29.3 Å². The summed E-state index contributed by atoms with van der Waals surface area (Å²) in [7, 11) is 0. The Bertz CT molecular complexity index is 1050. The van der Waals surface area contributed by atoms with Gasteiger partial charge in [0.15, 0.2) is 6.61 Å². The molecule has 2 aromatic rings. The van der Waals surface area contributed by atoms with Crippen LogP contribution in [0.4, 0.5) is 10.5 Å². The van der Waals surface area contributed by atoms with E-state index >= 15 is 0 Å². The molecule has 1 aliphatic heterocycles. The van der Waals surface area contributed by atoms with Crippen LogP contribution >= 0.6 is 23.5 Å². The second-order valence-electron chi connectivity index (χ2n) is 6.38. The average molecular weight is 476 g/mol. The molecule has 1 N–H and O–H groups in total. The number of amides is 3. The molecule has 1 heterocycles. The maximum Gasteiger partial charge on any atom is 0.340 e. The summed E-state index contributed by atoms with van der Waals surface area (Å²) < 4.78 is 5.03. The number of esters is 1. The molecule has 0 bridgehead atoms. The third-order valence-corrected chi connectivity index (χ3v) is 6.14. The largest absolute Gasteiger partial charge is 0.452 e. The third kappa shape index (κ3) is 6.08. The molecule has 1 fully saturated rings.